The highest BCUT2D eigenvalue weighted by Gasteiger charge is 2.30. The van der Waals surface area contributed by atoms with Crippen molar-refractivity contribution in [1.29, 1.82) is 0 Å². The first kappa shape index (κ1) is 11.1. The van der Waals surface area contributed by atoms with Crippen LogP contribution in [0.2, 0.25) is 10.0 Å². The van der Waals surface area contributed by atoms with Crippen LogP contribution in [0.5, 0.6) is 0 Å². The van der Waals surface area contributed by atoms with E-state index < -0.39 is 0 Å². The van der Waals surface area contributed by atoms with E-state index in [0.717, 1.165) is 21.2 Å². The van der Waals surface area contributed by atoms with Crippen LogP contribution in [0.3, 0.4) is 0 Å². The summed E-state index contributed by atoms with van der Waals surface area (Å²) in [6.45, 7) is 0.570. The molecular weight excluding hydrogens is 253 g/mol. The molecule has 0 spiro atoms. The zero-order chi connectivity index (χ0) is 12.0. The Hall–Kier alpha value is -1.02. The number of benzene rings is 2. The Morgan fingerprint density at radius 2 is 1.35 bits per heavy atom. The van der Waals surface area contributed by atoms with Crippen LogP contribution in [0.1, 0.15) is 17.0 Å². The Kier molecular flexibility index (Phi) is 2.62. The Balaban J connectivity index is 2.39. The second kappa shape index (κ2) is 4.02. The molecule has 0 heterocycles. The number of halogens is 2. The lowest BCUT2D eigenvalue weighted by molar-refractivity contribution is 0.841. The van der Waals surface area contributed by atoms with Crippen LogP contribution in [0.15, 0.2) is 36.4 Å². The predicted molar refractivity (Wildman–Crippen MR) is 72.8 cm³/mol. The minimum atomic E-state index is 0.206. The topological polar surface area (TPSA) is 26.0 Å². The lowest BCUT2D eigenvalue weighted by Crippen LogP contribution is -2.11. The van der Waals surface area contributed by atoms with Gasteiger partial charge in [0.1, 0.15) is 0 Å². The summed E-state index contributed by atoms with van der Waals surface area (Å²) >= 11 is 12.6. The van der Waals surface area contributed by atoms with Crippen molar-refractivity contribution in [2.24, 2.45) is 5.73 Å². The average molecular weight is 264 g/mol. The van der Waals surface area contributed by atoms with Gasteiger partial charge >= 0.3 is 0 Å². The highest BCUT2D eigenvalue weighted by Crippen LogP contribution is 2.50. The summed E-state index contributed by atoms with van der Waals surface area (Å²) in [7, 11) is 0. The molecule has 0 aromatic heterocycles. The summed E-state index contributed by atoms with van der Waals surface area (Å²) in [5, 5.41) is 1.49. The SMILES string of the molecule is NCC1c2cccc(Cl)c2-c2c(Cl)cccc21. The lowest BCUT2D eigenvalue weighted by Gasteiger charge is -2.09. The van der Waals surface area contributed by atoms with Gasteiger partial charge in [0.05, 0.1) is 0 Å². The molecule has 1 nitrogen and oxygen atoms in total. The fraction of sp³-hybridized carbons (Fsp3) is 0.143. The smallest absolute Gasteiger partial charge is 0.0488 e. The molecule has 0 saturated heterocycles. The Labute approximate surface area is 110 Å². The molecule has 0 aliphatic heterocycles. The maximum atomic E-state index is 6.29. The molecule has 2 aromatic carbocycles. The van der Waals surface area contributed by atoms with Gasteiger partial charge in [-0.25, -0.2) is 0 Å². The highest BCUT2D eigenvalue weighted by atomic mass is 35.5. The van der Waals surface area contributed by atoms with E-state index in [0.29, 0.717) is 6.54 Å². The molecule has 2 aromatic rings. The monoisotopic (exact) mass is 263 g/mol. The molecule has 1 aliphatic carbocycles. The molecule has 86 valence electrons. The van der Waals surface area contributed by atoms with Crippen molar-refractivity contribution in [2.75, 3.05) is 6.54 Å². The number of fused-ring (bicyclic) bond motifs is 3. The first-order valence-corrected chi connectivity index (χ1v) is 6.27. The minimum absolute atomic E-state index is 0.206. The lowest BCUT2D eigenvalue weighted by atomic mass is 9.97. The molecule has 0 atom stereocenters. The molecule has 3 rings (SSSR count). The highest BCUT2D eigenvalue weighted by molar-refractivity contribution is 6.37. The van der Waals surface area contributed by atoms with E-state index in [2.05, 4.69) is 12.1 Å². The molecule has 0 amide bonds. The van der Waals surface area contributed by atoms with E-state index in [1.807, 2.05) is 24.3 Å². The first-order valence-electron chi connectivity index (χ1n) is 5.51. The normalized spacial score (nSPS) is 13.6. The zero-order valence-electron chi connectivity index (χ0n) is 9.08. The summed E-state index contributed by atoms with van der Waals surface area (Å²) in [4.78, 5) is 0. The second-order valence-corrected chi connectivity index (χ2v) is 5.01. The van der Waals surface area contributed by atoms with Gasteiger partial charge in [-0.3, -0.25) is 0 Å². The first-order chi connectivity index (χ1) is 8.24. The van der Waals surface area contributed by atoms with E-state index in [4.69, 9.17) is 28.9 Å². The summed E-state index contributed by atoms with van der Waals surface area (Å²) in [5.74, 6) is 0.206. The van der Waals surface area contributed by atoms with Crippen LogP contribution >= 0.6 is 23.2 Å². The third kappa shape index (κ3) is 1.50. The molecule has 0 radical (unpaired) electrons. The third-order valence-electron chi connectivity index (χ3n) is 3.33. The van der Waals surface area contributed by atoms with Crippen LogP contribution in [-0.4, -0.2) is 6.54 Å². The van der Waals surface area contributed by atoms with Crippen molar-refractivity contribution < 1.29 is 0 Å². The van der Waals surface area contributed by atoms with Crippen molar-refractivity contribution in [3.8, 4) is 11.1 Å². The van der Waals surface area contributed by atoms with Crippen molar-refractivity contribution in [3.05, 3.63) is 57.6 Å². The van der Waals surface area contributed by atoms with Gasteiger partial charge in [0, 0.05) is 33.6 Å². The quantitative estimate of drug-likeness (QED) is 0.825. The molecule has 0 unspecified atom stereocenters. The number of nitrogens with two attached hydrogens (primary N) is 1. The number of hydrogen-bond donors (Lipinski definition) is 1. The zero-order valence-corrected chi connectivity index (χ0v) is 10.6. The van der Waals surface area contributed by atoms with Crippen molar-refractivity contribution in [1.82, 2.24) is 0 Å². The summed E-state index contributed by atoms with van der Waals surface area (Å²) < 4.78 is 0. The predicted octanol–water partition coefficient (Wildman–Crippen LogP) is 4.06. The van der Waals surface area contributed by atoms with Gasteiger partial charge in [0.25, 0.3) is 0 Å². The standard InChI is InChI=1S/C14H11Cl2N/c15-11-5-1-3-8-10(7-17)9-4-2-6-12(16)14(9)13(8)11/h1-6,10H,7,17H2. The Morgan fingerprint density at radius 1 is 0.882 bits per heavy atom. The fourth-order valence-electron chi connectivity index (χ4n) is 2.61. The Morgan fingerprint density at radius 3 is 1.76 bits per heavy atom. The molecule has 0 bridgehead atoms. The minimum Gasteiger partial charge on any atom is -0.330 e. The summed E-state index contributed by atoms with van der Waals surface area (Å²) in [5.41, 5.74) is 10.3. The van der Waals surface area contributed by atoms with Crippen LogP contribution < -0.4 is 5.73 Å². The maximum absolute atomic E-state index is 6.29. The van der Waals surface area contributed by atoms with E-state index in [1.165, 1.54) is 11.1 Å². The number of hydrogen-bond acceptors (Lipinski definition) is 1. The van der Waals surface area contributed by atoms with Crippen molar-refractivity contribution in [3.63, 3.8) is 0 Å². The molecule has 0 saturated carbocycles. The van der Waals surface area contributed by atoms with E-state index in [-0.39, 0.29) is 5.92 Å². The van der Waals surface area contributed by atoms with Gasteiger partial charge in [0.2, 0.25) is 0 Å². The van der Waals surface area contributed by atoms with E-state index >= 15 is 0 Å². The van der Waals surface area contributed by atoms with Crippen LogP contribution in [0.4, 0.5) is 0 Å². The fourth-order valence-corrected chi connectivity index (χ4v) is 3.16. The second-order valence-electron chi connectivity index (χ2n) is 4.20. The molecule has 3 heteroatoms. The Bertz CT molecular complexity index is 541. The van der Waals surface area contributed by atoms with Crippen molar-refractivity contribution in [2.45, 2.75) is 5.92 Å². The van der Waals surface area contributed by atoms with Gasteiger partial charge in [-0.2, -0.15) is 0 Å². The van der Waals surface area contributed by atoms with Gasteiger partial charge in [-0.1, -0.05) is 47.5 Å². The van der Waals surface area contributed by atoms with Gasteiger partial charge in [0.15, 0.2) is 0 Å². The van der Waals surface area contributed by atoms with Crippen LogP contribution in [-0.2, 0) is 0 Å². The largest absolute Gasteiger partial charge is 0.330 e. The molecular formula is C14H11Cl2N. The van der Waals surface area contributed by atoms with Gasteiger partial charge < -0.3 is 5.73 Å². The molecule has 1 aliphatic rings. The van der Waals surface area contributed by atoms with E-state index in [1.54, 1.807) is 0 Å². The average Bonchev–Trinajstić information content (AvgIpc) is 2.65. The van der Waals surface area contributed by atoms with Crippen LogP contribution in [0, 0.1) is 0 Å². The molecule has 2 N–H and O–H groups in total. The van der Waals surface area contributed by atoms with E-state index in [9.17, 15) is 0 Å². The summed E-state index contributed by atoms with van der Waals surface area (Å²) in [6, 6.07) is 11.9. The van der Waals surface area contributed by atoms with Crippen molar-refractivity contribution >= 4 is 23.2 Å². The van der Waals surface area contributed by atoms with Crippen LogP contribution in [0.25, 0.3) is 11.1 Å². The molecule has 0 fully saturated rings. The van der Waals surface area contributed by atoms with Gasteiger partial charge in [-0.05, 0) is 23.3 Å². The summed E-state index contributed by atoms with van der Waals surface area (Å²) in [6.07, 6.45) is 0. The maximum Gasteiger partial charge on any atom is 0.0488 e. The van der Waals surface area contributed by atoms with Gasteiger partial charge in [-0.15, -0.1) is 0 Å². The number of rotatable bonds is 1. The third-order valence-corrected chi connectivity index (χ3v) is 3.96. The molecule has 17 heavy (non-hydrogen) atoms.